The summed E-state index contributed by atoms with van der Waals surface area (Å²) in [4.78, 5) is 0. The van der Waals surface area contributed by atoms with Crippen LogP contribution >= 0.6 is 0 Å². The van der Waals surface area contributed by atoms with Gasteiger partial charge in [-0.25, -0.2) is 24.3 Å². The quantitative estimate of drug-likeness (QED) is 0.437. The van der Waals surface area contributed by atoms with Gasteiger partial charge in [0.1, 0.15) is 0 Å². The molecule has 0 saturated heterocycles. The minimum atomic E-state index is 0. The Kier molecular flexibility index (Phi) is 28.6. The van der Waals surface area contributed by atoms with Crippen LogP contribution in [-0.4, -0.2) is 9.52 Å². The van der Waals surface area contributed by atoms with Crippen molar-refractivity contribution in [1.29, 1.82) is 0 Å². The molecule has 0 fully saturated rings. The number of aryl methyl sites for hydroxylation is 4. The zero-order chi connectivity index (χ0) is 16.1. The summed E-state index contributed by atoms with van der Waals surface area (Å²) in [5.74, 6) is 0. The summed E-state index contributed by atoms with van der Waals surface area (Å²) in [5.41, 5.74) is 5.91. The second-order valence-electron chi connectivity index (χ2n) is 5.55. The van der Waals surface area contributed by atoms with Crippen molar-refractivity contribution in [2.45, 2.75) is 66.5 Å². The number of hydrogen-bond acceptors (Lipinski definition) is 0. The first-order valence-corrected chi connectivity index (χ1v) is 10.6. The molecule has 135 valence electrons. The van der Waals surface area contributed by atoms with Crippen LogP contribution in [0.25, 0.3) is 0 Å². The van der Waals surface area contributed by atoms with Crippen molar-refractivity contribution in [1.82, 2.24) is 0 Å². The van der Waals surface area contributed by atoms with Crippen molar-refractivity contribution < 1.29 is 51.0 Å². The topological polar surface area (TPSA) is 0 Å². The molecule has 0 aliphatic heterocycles. The number of hydrogen-bond donors (Lipinski definition) is 0. The molecule has 2 rings (SSSR count). The van der Waals surface area contributed by atoms with E-state index in [2.05, 4.69) is 77.2 Å². The van der Waals surface area contributed by atoms with Crippen LogP contribution in [0.5, 0.6) is 0 Å². The fourth-order valence-corrected chi connectivity index (χ4v) is 2.19. The third-order valence-corrected chi connectivity index (χ3v) is 3.34. The molecule has 0 saturated carbocycles. The van der Waals surface area contributed by atoms with Gasteiger partial charge in [0.25, 0.3) is 0 Å². The second-order valence-corrected chi connectivity index (χ2v) is 6.70. The number of halogens is 2. The molecule has 0 nitrogen and oxygen atoms in total. The van der Waals surface area contributed by atoms with E-state index >= 15 is 0 Å². The first kappa shape index (κ1) is 32.1. The maximum absolute atomic E-state index is 2.21. The van der Waals surface area contributed by atoms with E-state index in [1.807, 2.05) is 0 Å². The SMILES string of the molecule is CCCc1ccc[c-]1C.CCCc1ccc[c-]1C.C[SiH]C.[Cl-].[Cl-].[Zr+4]. The Morgan fingerprint density at radius 2 is 1.08 bits per heavy atom. The predicted octanol–water partition coefficient (Wildman–Crippen LogP) is -0.143. The molecule has 0 aliphatic rings. The summed E-state index contributed by atoms with van der Waals surface area (Å²) in [5, 5.41) is 0. The van der Waals surface area contributed by atoms with Gasteiger partial charge in [-0.1, -0.05) is 66.5 Å². The molecule has 0 aliphatic carbocycles. The van der Waals surface area contributed by atoms with Gasteiger partial charge in [0.2, 0.25) is 0 Å². The van der Waals surface area contributed by atoms with E-state index in [1.54, 1.807) is 0 Å². The first-order valence-electron chi connectivity index (χ1n) is 8.26. The van der Waals surface area contributed by atoms with Crippen LogP contribution < -0.4 is 24.8 Å². The Bertz CT molecular complexity index is 421. The average molecular weight is 464 g/mol. The van der Waals surface area contributed by atoms with Crippen LogP contribution in [0.4, 0.5) is 0 Å². The van der Waals surface area contributed by atoms with Crippen LogP contribution in [0.3, 0.4) is 0 Å². The zero-order valence-corrected chi connectivity index (χ0v) is 21.3. The van der Waals surface area contributed by atoms with Gasteiger partial charge in [-0.05, 0) is 0 Å². The van der Waals surface area contributed by atoms with E-state index in [0.717, 1.165) is 9.52 Å². The second kappa shape index (κ2) is 21.4. The van der Waals surface area contributed by atoms with Crippen molar-refractivity contribution >= 4 is 9.52 Å². The largest absolute Gasteiger partial charge is 4.00 e. The van der Waals surface area contributed by atoms with Gasteiger partial charge in [0, 0.05) is 9.52 Å². The maximum Gasteiger partial charge on any atom is 4.00 e. The molecule has 0 atom stereocenters. The van der Waals surface area contributed by atoms with Gasteiger partial charge in [-0.3, -0.25) is 0 Å². The minimum absolute atomic E-state index is 0. The van der Waals surface area contributed by atoms with Crippen molar-refractivity contribution in [2.24, 2.45) is 0 Å². The molecular weight excluding hydrogens is 430 g/mol. The molecule has 2 aromatic carbocycles. The summed E-state index contributed by atoms with van der Waals surface area (Å²) in [6.07, 6.45) is 4.98. The molecule has 0 amide bonds. The van der Waals surface area contributed by atoms with Gasteiger partial charge in [-0.2, -0.15) is 34.4 Å². The maximum atomic E-state index is 2.21. The summed E-state index contributed by atoms with van der Waals surface area (Å²) < 4.78 is 0. The summed E-state index contributed by atoms with van der Waals surface area (Å²) >= 11 is 0. The number of rotatable bonds is 4. The molecule has 0 N–H and O–H groups in total. The van der Waals surface area contributed by atoms with Crippen molar-refractivity contribution in [2.75, 3.05) is 0 Å². The summed E-state index contributed by atoms with van der Waals surface area (Å²) in [6.45, 7) is 13.2. The predicted molar refractivity (Wildman–Crippen MR) is 100 cm³/mol. The molecule has 2 aromatic rings. The zero-order valence-electron chi connectivity index (χ0n) is 16.1. The molecular formula is C20H33Cl2SiZr. The van der Waals surface area contributed by atoms with Crippen molar-refractivity contribution in [3.8, 4) is 0 Å². The Morgan fingerprint density at radius 1 is 0.792 bits per heavy atom. The van der Waals surface area contributed by atoms with Gasteiger partial charge >= 0.3 is 26.2 Å². The molecule has 24 heavy (non-hydrogen) atoms. The van der Waals surface area contributed by atoms with Crippen LogP contribution in [0.2, 0.25) is 13.1 Å². The average Bonchev–Trinajstić information content (AvgIpc) is 3.03. The third-order valence-electron chi connectivity index (χ3n) is 3.34. The monoisotopic (exact) mass is 461 g/mol. The van der Waals surface area contributed by atoms with Crippen molar-refractivity contribution in [3.05, 3.63) is 58.7 Å². The van der Waals surface area contributed by atoms with E-state index in [4.69, 9.17) is 0 Å². The molecule has 0 unspecified atom stereocenters. The van der Waals surface area contributed by atoms with E-state index in [9.17, 15) is 0 Å². The normalized spacial score (nSPS) is 8.25. The van der Waals surface area contributed by atoms with Crippen LogP contribution in [0.1, 0.15) is 48.9 Å². The van der Waals surface area contributed by atoms with Crippen LogP contribution in [-0.2, 0) is 39.0 Å². The minimum Gasteiger partial charge on any atom is -1.00 e. The summed E-state index contributed by atoms with van der Waals surface area (Å²) in [7, 11) is 0.750. The molecule has 0 heterocycles. The van der Waals surface area contributed by atoms with Crippen LogP contribution in [0.15, 0.2) is 36.4 Å². The van der Waals surface area contributed by atoms with E-state index in [0.29, 0.717) is 0 Å². The first-order chi connectivity index (χ1) is 10.1. The third kappa shape index (κ3) is 14.7. The van der Waals surface area contributed by atoms with Gasteiger partial charge in [0.05, 0.1) is 0 Å². The van der Waals surface area contributed by atoms with Gasteiger partial charge in [0.15, 0.2) is 0 Å². The molecule has 0 bridgehead atoms. The van der Waals surface area contributed by atoms with Crippen molar-refractivity contribution in [3.63, 3.8) is 0 Å². The molecule has 0 spiro atoms. The molecule has 0 aromatic heterocycles. The molecule has 4 heteroatoms. The van der Waals surface area contributed by atoms with Gasteiger partial charge < -0.3 is 24.8 Å². The van der Waals surface area contributed by atoms with Crippen LogP contribution in [0, 0.1) is 13.8 Å². The fraction of sp³-hybridized carbons (Fsp3) is 0.500. The fourth-order valence-electron chi connectivity index (χ4n) is 2.19. The van der Waals surface area contributed by atoms with E-state index in [1.165, 1.54) is 47.9 Å². The Balaban J connectivity index is -0.000000130. The Labute approximate surface area is 184 Å². The molecule has 1 radical (unpaired) electrons. The Hall–Kier alpha value is 0.380. The smallest absolute Gasteiger partial charge is 1.00 e. The van der Waals surface area contributed by atoms with E-state index < -0.39 is 0 Å². The van der Waals surface area contributed by atoms with Gasteiger partial charge in [-0.15, -0.1) is 0 Å². The summed E-state index contributed by atoms with van der Waals surface area (Å²) in [6, 6.07) is 13.0. The Morgan fingerprint density at radius 3 is 1.25 bits per heavy atom. The van der Waals surface area contributed by atoms with E-state index in [-0.39, 0.29) is 51.0 Å². The standard InChI is InChI=1S/2C9H13.C2H7Si.2ClH.Zr/c2*1-3-5-9-7-4-6-8(9)2;1-3-2;;;/h2*4,6-7H,3,5H2,1-2H3;3H,1-2H3;2*1H;/q2*-1;;;;+4/p-2.